The second-order valence-corrected chi connectivity index (χ2v) is 13.7. The van der Waals surface area contributed by atoms with Crippen molar-refractivity contribution in [3.05, 3.63) is 64.9 Å². The van der Waals surface area contributed by atoms with E-state index in [0.717, 1.165) is 17.6 Å². The number of benzene rings is 2. The van der Waals surface area contributed by atoms with E-state index >= 15 is 0 Å². The molecule has 1 N–H and O–H groups in total. The summed E-state index contributed by atoms with van der Waals surface area (Å²) in [6.07, 6.45) is 1.08. The van der Waals surface area contributed by atoms with Crippen LogP contribution in [0, 0.1) is 0 Å². The normalized spacial score (nSPS) is 11.8. The molecule has 0 aliphatic carbocycles. The van der Waals surface area contributed by atoms with E-state index in [4.69, 9.17) is 18.5 Å². The van der Waals surface area contributed by atoms with Crippen molar-refractivity contribution in [2.24, 2.45) is 7.05 Å². The Labute approximate surface area is 246 Å². The van der Waals surface area contributed by atoms with Crippen molar-refractivity contribution in [1.29, 1.82) is 0 Å². The first-order valence-corrected chi connectivity index (χ1v) is 17.1. The molecule has 0 saturated carbocycles. The van der Waals surface area contributed by atoms with Crippen molar-refractivity contribution in [3.63, 3.8) is 0 Å². The fourth-order valence-electron chi connectivity index (χ4n) is 3.59. The predicted molar refractivity (Wildman–Crippen MR) is 154 cm³/mol. The number of carbonyl (C=O) groups is 1. The van der Waals surface area contributed by atoms with Gasteiger partial charge in [0.15, 0.2) is 21.6 Å². The van der Waals surface area contributed by atoms with Gasteiger partial charge in [-0.3, -0.25) is 14.7 Å². The van der Waals surface area contributed by atoms with Crippen LogP contribution in [0.25, 0.3) is 0 Å². The molecule has 4 aromatic rings. The van der Waals surface area contributed by atoms with E-state index in [2.05, 4.69) is 25.7 Å². The summed E-state index contributed by atoms with van der Waals surface area (Å²) in [4.78, 5) is 19.0. The number of nitrogens with one attached hydrogen (secondary N) is 1. The summed E-state index contributed by atoms with van der Waals surface area (Å²) in [5, 5.41) is 16.4. The average molecular weight is 637 g/mol. The molecule has 0 unspecified atom stereocenters. The standard InChI is InChI=1S/C25H29N6O8PS2/c1-5-37-40(33,38-6-2)15-18-16-41-25(26-18)27-24(32)17-11-20(36-14-23-28-30-31(3)29-23)13-21(12-17)39-19-7-9-22(10-8-19)42(4,34)35/h7-13,16H,5-6,14-15H2,1-4H3,(H,26,27,32). The Balaban J connectivity index is 1.54. The summed E-state index contributed by atoms with van der Waals surface area (Å²) in [5.41, 5.74) is 0.643. The van der Waals surface area contributed by atoms with E-state index < -0.39 is 23.3 Å². The highest BCUT2D eigenvalue weighted by Gasteiger charge is 2.26. The number of hydrogen-bond acceptors (Lipinski definition) is 13. The smallest absolute Gasteiger partial charge is 0.336 e. The zero-order chi connectivity index (χ0) is 30.3. The molecule has 1 amide bonds. The van der Waals surface area contributed by atoms with E-state index in [1.54, 1.807) is 32.3 Å². The Morgan fingerprint density at radius 3 is 2.36 bits per heavy atom. The molecule has 0 radical (unpaired) electrons. The zero-order valence-corrected chi connectivity index (χ0v) is 25.7. The number of sulfone groups is 1. The lowest BCUT2D eigenvalue weighted by molar-refractivity contribution is 0.102. The number of rotatable bonds is 14. The van der Waals surface area contributed by atoms with E-state index in [1.807, 2.05) is 0 Å². The van der Waals surface area contributed by atoms with Crippen LogP contribution >= 0.6 is 18.9 Å². The van der Waals surface area contributed by atoms with Crippen LogP contribution in [0.1, 0.15) is 35.7 Å². The highest BCUT2D eigenvalue weighted by molar-refractivity contribution is 7.90. The fraction of sp³-hybridized carbons (Fsp3) is 0.320. The van der Waals surface area contributed by atoms with Crippen LogP contribution in [-0.4, -0.2) is 59.0 Å². The summed E-state index contributed by atoms with van der Waals surface area (Å²) >= 11 is 1.16. The van der Waals surface area contributed by atoms with Crippen LogP contribution in [0.5, 0.6) is 17.2 Å². The first kappa shape index (κ1) is 31.3. The van der Waals surface area contributed by atoms with Gasteiger partial charge in [-0.05, 0) is 55.5 Å². The van der Waals surface area contributed by atoms with E-state index in [-0.39, 0.29) is 53.1 Å². The number of anilines is 1. The fourth-order valence-corrected chi connectivity index (χ4v) is 6.65. The molecule has 2 aromatic heterocycles. The van der Waals surface area contributed by atoms with Crippen LogP contribution in [0.15, 0.2) is 52.7 Å². The number of carbonyl (C=O) groups excluding carboxylic acids is 1. The molecule has 0 aliphatic rings. The van der Waals surface area contributed by atoms with Gasteiger partial charge < -0.3 is 18.5 Å². The van der Waals surface area contributed by atoms with Crippen LogP contribution in [0.4, 0.5) is 5.13 Å². The Kier molecular flexibility index (Phi) is 10.1. The molecular weight excluding hydrogens is 607 g/mol. The lowest BCUT2D eigenvalue weighted by Crippen LogP contribution is -2.12. The minimum Gasteiger partial charge on any atom is -0.485 e. The lowest BCUT2D eigenvalue weighted by atomic mass is 10.2. The largest absolute Gasteiger partial charge is 0.485 e. The van der Waals surface area contributed by atoms with Gasteiger partial charge in [-0.1, -0.05) is 0 Å². The van der Waals surface area contributed by atoms with Crippen LogP contribution in [-0.2, 0) is 43.3 Å². The number of amides is 1. The van der Waals surface area contributed by atoms with Crippen LogP contribution in [0.3, 0.4) is 0 Å². The second kappa shape index (κ2) is 13.5. The SMILES string of the molecule is CCOP(=O)(Cc1csc(NC(=O)c2cc(OCc3nnn(C)n3)cc(Oc3ccc(S(C)(=O)=O)cc3)c2)n1)OCC. The van der Waals surface area contributed by atoms with E-state index in [0.29, 0.717) is 17.3 Å². The second-order valence-electron chi connectivity index (χ2n) is 8.73. The summed E-state index contributed by atoms with van der Waals surface area (Å²) in [6, 6.07) is 10.4. The van der Waals surface area contributed by atoms with Gasteiger partial charge in [0.05, 0.1) is 37.0 Å². The molecule has 0 saturated heterocycles. The Hall–Kier alpha value is -3.69. The van der Waals surface area contributed by atoms with Crippen LogP contribution in [0.2, 0.25) is 0 Å². The van der Waals surface area contributed by atoms with Crippen molar-refractivity contribution >= 4 is 39.8 Å². The number of aryl methyl sites for hydroxylation is 1. The molecule has 224 valence electrons. The number of nitrogens with zero attached hydrogens (tertiary/aromatic N) is 5. The summed E-state index contributed by atoms with van der Waals surface area (Å²) in [6.45, 7) is 3.88. The van der Waals surface area contributed by atoms with Crippen molar-refractivity contribution in [1.82, 2.24) is 25.2 Å². The van der Waals surface area contributed by atoms with Gasteiger partial charge in [-0.2, -0.15) is 4.80 Å². The molecule has 0 atom stereocenters. The van der Waals surface area contributed by atoms with Crippen molar-refractivity contribution < 1.29 is 36.3 Å². The molecule has 0 spiro atoms. The number of thiazole rings is 1. The molecular formula is C25H29N6O8PS2. The summed E-state index contributed by atoms with van der Waals surface area (Å²) in [7, 11) is -5.11. The first-order chi connectivity index (χ1) is 20.0. The van der Waals surface area contributed by atoms with Gasteiger partial charge in [0.25, 0.3) is 5.91 Å². The third kappa shape index (κ3) is 8.66. The molecule has 0 aliphatic heterocycles. The topological polar surface area (TPSA) is 174 Å². The molecule has 2 heterocycles. The highest BCUT2D eigenvalue weighted by Crippen LogP contribution is 2.51. The Bertz CT molecular complexity index is 1680. The zero-order valence-electron chi connectivity index (χ0n) is 23.2. The number of tetrazole rings is 1. The van der Waals surface area contributed by atoms with Gasteiger partial charge in [-0.15, -0.1) is 21.5 Å². The maximum absolute atomic E-state index is 13.2. The van der Waals surface area contributed by atoms with Gasteiger partial charge >= 0.3 is 7.60 Å². The maximum atomic E-state index is 13.2. The van der Waals surface area contributed by atoms with Gasteiger partial charge in [0.1, 0.15) is 17.2 Å². The van der Waals surface area contributed by atoms with Gasteiger partial charge in [-0.25, -0.2) is 13.4 Å². The number of ether oxygens (including phenoxy) is 2. The van der Waals surface area contributed by atoms with Gasteiger partial charge in [0, 0.05) is 23.3 Å². The number of hydrogen-bond donors (Lipinski definition) is 1. The lowest BCUT2D eigenvalue weighted by Gasteiger charge is -2.15. The number of aromatic nitrogens is 5. The summed E-state index contributed by atoms with van der Waals surface area (Å²) in [5.74, 6) is 0.712. The van der Waals surface area contributed by atoms with E-state index in [9.17, 15) is 17.8 Å². The minimum atomic E-state index is -3.38. The molecule has 17 heteroatoms. The van der Waals surface area contributed by atoms with Crippen molar-refractivity contribution in [2.75, 3.05) is 24.8 Å². The monoisotopic (exact) mass is 636 g/mol. The summed E-state index contributed by atoms with van der Waals surface area (Å²) < 4.78 is 58.8. The third-order valence-electron chi connectivity index (χ3n) is 5.33. The maximum Gasteiger partial charge on any atom is 0.336 e. The molecule has 0 bridgehead atoms. The average Bonchev–Trinajstić information content (AvgIpc) is 3.55. The van der Waals surface area contributed by atoms with Crippen molar-refractivity contribution in [2.45, 2.75) is 31.5 Å². The molecule has 42 heavy (non-hydrogen) atoms. The molecule has 4 rings (SSSR count). The predicted octanol–water partition coefficient (Wildman–Crippen LogP) is 4.46. The van der Waals surface area contributed by atoms with E-state index in [1.165, 1.54) is 41.2 Å². The molecule has 2 aromatic carbocycles. The quantitative estimate of drug-likeness (QED) is 0.193. The van der Waals surface area contributed by atoms with Crippen LogP contribution < -0.4 is 14.8 Å². The first-order valence-electron chi connectivity index (χ1n) is 12.6. The Morgan fingerprint density at radius 1 is 1.05 bits per heavy atom. The molecule has 0 fully saturated rings. The minimum absolute atomic E-state index is 0.0169. The third-order valence-corrected chi connectivity index (χ3v) is 9.28. The van der Waals surface area contributed by atoms with Crippen molar-refractivity contribution in [3.8, 4) is 17.2 Å². The molecule has 14 nitrogen and oxygen atoms in total. The Morgan fingerprint density at radius 2 is 1.74 bits per heavy atom. The highest BCUT2D eigenvalue weighted by atomic mass is 32.2. The van der Waals surface area contributed by atoms with Gasteiger partial charge in [0.2, 0.25) is 5.82 Å².